The maximum atomic E-state index is 10.5. The van der Waals surface area contributed by atoms with E-state index in [0.717, 1.165) is 0 Å². The molecule has 0 radical (unpaired) electrons. The van der Waals surface area contributed by atoms with Crippen molar-refractivity contribution in [2.75, 3.05) is 12.4 Å². The molecule has 0 saturated heterocycles. The highest BCUT2D eigenvalue weighted by Gasteiger charge is 2.08. The Morgan fingerprint density at radius 3 is 2.75 bits per heavy atom. The molecule has 5 nitrogen and oxygen atoms in total. The molecule has 0 aliphatic rings. The maximum Gasteiger partial charge on any atom is 0.339 e. The zero-order chi connectivity index (χ0) is 9.14. The Morgan fingerprint density at radius 2 is 2.33 bits per heavy atom. The number of nitrogens with zero attached hydrogens (tertiary/aromatic N) is 2. The van der Waals surface area contributed by atoms with Crippen LogP contribution in [0.15, 0.2) is 6.20 Å². The number of aromatic carboxylic acids is 1. The number of hydrogen-bond donors (Lipinski definition) is 2. The summed E-state index contributed by atoms with van der Waals surface area (Å²) >= 11 is 0. The number of anilines is 1. The molecule has 0 atom stereocenters. The average Bonchev–Trinajstić information content (AvgIpc) is 2.03. The van der Waals surface area contributed by atoms with E-state index >= 15 is 0 Å². The topological polar surface area (TPSA) is 75.1 Å². The van der Waals surface area contributed by atoms with Gasteiger partial charge in [-0.2, -0.15) is 0 Å². The van der Waals surface area contributed by atoms with Gasteiger partial charge in [-0.15, -0.1) is 0 Å². The van der Waals surface area contributed by atoms with Gasteiger partial charge in [-0.05, 0) is 6.92 Å². The van der Waals surface area contributed by atoms with Crippen molar-refractivity contribution >= 4 is 11.9 Å². The van der Waals surface area contributed by atoms with Crippen LogP contribution < -0.4 is 5.32 Å². The van der Waals surface area contributed by atoms with Crippen LogP contribution in [-0.2, 0) is 0 Å². The third-order valence-corrected chi connectivity index (χ3v) is 1.43. The maximum absolute atomic E-state index is 10.5. The smallest absolute Gasteiger partial charge is 0.339 e. The lowest BCUT2D eigenvalue weighted by Gasteiger charge is -2.01. The first kappa shape index (κ1) is 8.45. The average molecular weight is 167 g/mol. The zero-order valence-electron chi connectivity index (χ0n) is 6.83. The van der Waals surface area contributed by atoms with Crippen molar-refractivity contribution in [3.63, 3.8) is 0 Å². The van der Waals surface area contributed by atoms with Crippen molar-refractivity contribution in [3.8, 4) is 0 Å². The lowest BCUT2D eigenvalue weighted by molar-refractivity contribution is 0.0695. The molecule has 2 N–H and O–H groups in total. The van der Waals surface area contributed by atoms with Crippen molar-refractivity contribution in [3.05, 3.63) is 17.5 Å². The highest BCUT2D eigenvalue weighted by Crippen LogP contribution is 2.05. The lowest BCUT2D eigenvalue weighted by atomic mass is 10.2. The fourth-order valence-corrected chi connectivity index (χ4v) is 0.797. The second kappa shape index (κ2) is 3.17. The first-order chi connectivity index (χ1) is 5.65. The molecule has 1 heterocycles. The molecule has 0 bridgehead atoms. The minimum Gasteiger partial charge on any atom is -0.478 e. The van der Waals surface area contributed by atoms with Crippen LogP contribution in [0, 0.1) is 6.92 Å². The molecule has 1 rings (SSSR count). The number of carboxylic acids is 1. The SMILES string of the molecule is CNc1ncc(C(=O)O)c(C)n1. The van der Waals surface area contributed by atoms with Gasteiger partial charge in [0.2, 0.25) is 5.95 Å². The Labute approximate surface area is 69.5 Å². The molecule has 1 aromatic rings. The van der Waals surface area contributed by atoms with Crippen LogP contribution >= 0.6 is 0 Å². The number of carbonyl (C=O) groups is 1. The van der Waals surface area contributed by atoms with Crippen molar-refractivity contribution in [2.24, 2.45) is 0 Å². The van der Waals surface area contributed by atoms with Crippen LogP contribution in [0.2, 0.25) is 0 Å². The molecule has 64 valence electrons. The largest absolute Gasteiger partial charge is 0.478 e. The summed E-state index contributed by atoms with van der Waals surface area (Å²) in [6.45, 7) is 1.63. The number of aryl methyl sites for hydroxylation is 1. The molecule has 1 aromatic heterocycles. The lowest BCUT2D eigenvalue weighted by Crippen LogP contribution is -2.05. The molecule has 0 amide bonds. The van der Waals surface area contributed by atoms with E-state index in [-0.39, 0.29) is 5.56 Å². The third kappa shape index (κ3) is 1.50. The summed E-state index contributed by atoms with van der Waals surface area (Å²) in [6.07, 6.45) is 1.29. The first-order valence-corrected chi connectivity index (χ1v) is 3.40. The summed E-state index contributed by atoms with van der Waals surface area (Å²) in [7, 11) is 1.68. The van der Waals surface area contributed by atoms with E-state index in [0.29, 0.717) is 11.6 Å². The van der Waals surface area contributed by atoms with E-state index in [1.165, 1.54) is 6.20 Å². The Morgan fingerprint density at radius 1 is 1.67 bits per heavy atom. The van der Waals surface area contributed by atoms with Gasteiger partial charge in [0.1, 0.15) is 0 Å². The fraction of sp³-hybridized carbons (Fsp3) is 0.286. The van der Waals surface area contributed by atoms with E-state index in [2.05, 4.69) is 15.3 Å². The van der Waals surface area contributed by atoms with Gasteiger partial charge in [-0.3, -0.25) is 0 Å². The van der Waals surface area contributed by atoms with Crippen molar-refractivity contribution in [2.45, 2.75) is 6.92 Å². The Kier molecular flexibility index (Phi) is 2.23. The fourth-order valence-electron chi connectivity index (χ4n) is 0.797. The van der Waals surface area contributed by atoms with Gasteiger partial charge in [0, 0.05) is 13.2 Å². The predicted octanol–water partition coefficient (Wildman–Crippen LogP) is 0.525. The summed E-state index contributed by atoms with van der Waals surface area (Å²) in [5, 5.41) is 11.3. The van der Waals surface area contributed by atoms with Crippen molar-refractivity contribution < 1.29 is 9.90 Å². The van der Waals surface area contributed by atoms with Crippen LogP contribution in [-0.4, -0.2) is 28.1 Å². The summed E-state index contributed by atoms with van der Waals surface area (Å²) < 4.78 is 0. The van der Waals surface area contributed by atoms with Gasteiger partial charge in [-0.25, -0.2) is 14.8 Å². The summed E-state index contributed by atoms with van der Waals surface area (Å²) in [4.78, 5) is 18.2. The molecule has 0 aliphatic carbocycles. The Balaban J connectivity index is 3.12. The van der Waals surface area contributed by atoms with Gasteiger partial charge in [0.15, 0.2) is 0 Å². The Hall–Kier alpha value is -1.65. The van der Waals surface area contributed by atoms with Gasteiger partial charge >= 0.3 is 5.97 Å². The normalized spacial score (nSPS) is 9.50. The van der Waals surface area contributed by atoms with E-state index in [4.69, 9.17) is 5.11 Å². The number of aromatic nitrogens is 2. The second-order valence-electron chi connectivity index (χ2n) is 2.25. The Bertz CT molecular complexity index is 312. The quantitative estimate of drug-likeness (QED) is 0.671. The van der Waals surface area contributed by atoms with E-state index in [9.17, 15) is 4.79 Å². The van der Waals surface area contributed by atoms with Crippen molar-refractivity contribution in [1.82, 2.24) is 9.97 Å². The molecule has 0 saturated carbocycles. The van der Waals surface area contributed by atoms with E-state index in [1.807, 2.05) is 0 Å². The highest BCUT2D eigenvalue weighted by atomic mass is 16.4. The molecule has 0 aromatic carbocycles. The van der Waals surface area contributed by atoms with Crippen LogP contribution in [0.4, 0.5) is 5.95 Å². The van der Waals surface area contributed by atoms with E-state index < -0.39 is 5.97 Å². The number of hydrogen-bond acceptors (Lipinski definition) is 4. The second-order valence-corrected chi connectivity index (χ2v) is 2.25. The summed E-state index contributed by atoms with van der Waals surface area (Å²) in [5.41, 5.74) is 0.593. The van der Waals surface area contributed by atoms with Crippen LogP contribution in [0.3, 0.4) is 0 Å². The highest BCUT2D eigenvalue weighted by molar-refractivity contribution is 5.88. The van der Waals surface area contributed by atoms with Gasteiger partial charge in [-0.1, -0.05) is 0 Å². The molecule has 12 heavy (non-hydrogen) atoms. The molecule has 0 spiro atoms. The number of carboxylic acid groups (broad SMARTS) is 1. The van der Waals surface area contributed by atoms with Crippen LogP contribution in [0.5, 0.6) is 0 Å². The molecule has 5 heteroatoms. The van der Waals surface area contributed by atoms with Gasteiger partial charge in [0.05, 0.1) is 11.3 Å². The third-order valence-electron chi connectivity index (χ3n) is 1.43. The summed E-state index contributed by atoms with van der Waals surface area (Å²) in [6, 6.07) is 0. The standard InChI is InChI=1S/C7H9N3O2/c1-4-5(6(11)12)3-9-7(8-2)10-4/h3H,1-2H3,(H,11,12)(H,8,9,10). The van der Waals surface area contributed by atoms with Gasteiger partial charge < -0.3 is 10.4 Å². The van der Waals surface area contributed by atoms with Crippen LogP contribution in [0.25, 0.3) is 0 Å². The molecular formula is C7H9N3O2. The van der Waals surface area contributed by atoms with Gasteiger partial charge in [0.25, 0.3) is 0 Å². The summed E-state index contributed by atoms with van der Waals surface area (Å²) in [5.74, 6) is -0.576. The van der Waals surface area contributed by atoms with Crippen LogP contribution in [0.1, 0.15) is 16.1 Å². The molecule has 0 unspecified atom stereocenters. The zero-order valence-corrected chi connectivity index (χ0v) is 6.83. The van der Waals surface area contributed by atoms with E-state index in [1.54, 1.807) is 14.0 Å². The monoisotopic (exact) mass is 167 g/mol. The van der Waals surface area contributed by atoms with Crippen molar-refractivity contribution in [1.29, 1.82) is 0 Å². The minimum atomic E-state index is -1.00. The first-order valence-electron chi connectivity index (χ1n) is 3.40. The minimum absolute atomic E-state index is 0.133. The number of nitrogens with one attached hydrogen (secondary N) is 1. The number of rotatable bonds is 2. The molecular weight excluding hydrogens is 158 g/mol. The molecule has 0 aliphatic heterocycles. The molecule has 0 fully saturated rings. The predicted molar refractivity (Wildman–Crippen MR) is 43.3 cm³/mol.